The van der Waals surface area contributed by atoms with Gasteiger partial charge in [0.25, 0.3) is 5.91 Å². The molecule has 0 radical (unpaired) electrons. The first kappa shape index (κ1) is 13.7. The highest BCUT2D eigenvalue weighted by Gasteiger charge is 2.13. The Labute approximate surface area is 117 Å². The summed E-state index contributed by atoms with van der Waals surface area (Å²) in [5.41, 5.74) is 1.89. The average molecular weight is 265 g/mol. The molecule has 0 aliphatic rings. The molecule has 0 aliphatic carbocycles. The fourth-order valence-corrected chi connectivity index (χ4v) is 1.60. The molecule has 4 nitrogen and oxygen atoms in total. The maximum atomic E-state index is 12.1. The lowest BCUT2D eigenvalue weighted by Crippen LogP contribution is -2.35. The minimum absolute atomic E-state index is 0.324. The summed E-state index contributed by atoms with van der Waals surface area (Å²) in [4.78, 5) is 15.9. The van der Waals surface area contributed by atoms with E-state index in [0.717, 1.165) is 10.6 Å². The number of hydrogen-bond donors (Lipinski definition) is 1. The summed E-state index contributed by atoms with van der Waals surface area (Å²) >= 11 is 0. The first-order chi connectivity index (χ1) is 9.68. The normalized spacial score (nSPS) is 10.4. The number of carbonyl (C=O) groups excluding carboxylic acids is 1. The number of pyridine rings is 1. The molecule has 2 N–H and O–H groups in total. The van der Waals surface area contributed by atoms with Crippen LogP contribution in [0.2, 0.25) is 0 Å². The van der Waals surface area contributed by atoms with Crippen molar-refractivity contribution in [3.63, 3.8) is 0 Å². The zero-order chi connectivity index (χ0) is 14.4. The first-order valence-corrected chi connectivity index (χ1v) is 6.09. The molecule has 20 heavy (non-hydrogen) atoms. The topological polar surface area (TPSA) is 59.2 Å². The molecule has 4 heteroatoms. The van der Waals surface area contributed by atoms with Crippen LogP contribution < -0.4 is 5.84 Å². The van der Waals surface area contributed by atoms with Gasteiger partial charge in [-0.3, -0.25) is 9.78 Å². The van der Waals surface area contributed by atoms with Crippen LogP contribution in [0.1, 0.15) is 15.9 Å². The van der Waals surface area contributed by atoms with Gasteiger partial charge in [-0.2, -0.15) is 0 Å². The van der Waals surface area contributed by atoms with E-state index in [-0.39, 0.29) is 5.91 Å². The Morgan fingerprint density at radius 3 is 2.45 bits per heavy atom. The van der Waals surface area contributed by atoms with Gasteiger partial charge in [-0.1, -0.05) is 43.0 Å². The van der Waals surface area contributed by atoms with Crippen LogP contribution in [0, 0.1) is 0 Å². The minimum atomic E-state index is -0.324. The van der Waals surface area contributed by atoms with Crippen LogP contribution >= 0.6 is 0 Å². The van der Waals surface area contributed by atoms with Crippen molar-refractivity contribution in [3.05, 3.63) is 84.3 Å². The number of carbonyl (C=O) groups is 1. The van der Waals surface area contributed by atoms with Gasteiger partial charge in [0.1, 0.15) is 0 Å². The molecular formula is C16H15N3O. The number of nitrogens with zero attached hydrogens (tertiary/aromatic N) is 2. The second-order valence-corrected chi connectivity index (χ2v) is 4.15. The van der Waals surface area contributed by atoms with Crippen molar-refractivity contribution in [2.24, 2.45) is 5.84 Å². The molecule has 0 aliphatic heterocycles. The fourth-order valence-electron chi connectivity index (χ4n) is 1.60. The van der Waals surface area contributed by atoms with Crippen LogP contribution in [0.15, 0.2) is 73.2 Å². The smallest absolute Gasteiger partial charge is 0.267 e. The molecule has 1 amide bonds. The highest BCUT2D eigenvalue weighted by molar-refractivity contribution is 5.95. The van der Waals surface area contributed by atoms with E-state index in [1.165, 1.54) is 0 Å². The van der Waals surface area contributed by atoms with Crippen molar-refractivity contribution in [2.75, 3.05) is 0 Å². The molecular weight excluding hydrogens is 250 g/mol. The zero-order valence-electron chi connectivity index (χ0n) is 10.9. The lowest BCUT2D eigenvalue weighted by molar-refractivity contribution is 0.0811. The maximum absolute atomic E-state index is 12.1. The largest absolute Gasteiger partial charge is 0.272 e. The Kier molecular flexibility index (Phi) is 4.42. The second-order valence-electron chi connectivity index (χ2n) is 4.15. The summed E-state index contributed by atoms with van der Waals surface area (Å²) in [6.45, 7) is 3.79. The number of rotatable bonds is 4. The first-order valence-electron chi connectivity index (χ1n) is 6.09. The lowest BCUT2D eigenvalue weighted by atomic mass is 10.2. The molecule has 1 aromatic heterocycles. The van der Waals surface area contributed by atoms with Crippen molar-refractivity contribution in [2.45, 2.75) is 0 Å². The Morgan fingerprint density at radius 1 is 1.15 bits per heavy atom. The zero-order valence-corrected chi connectivity index (χ0v) is 10.9. The molecule has 1 heterocycles. The van der Waals surface area contributed by atoms with Crippen LogP contribution in [-0.2, 0) is 0 Å². The van der Waals surface area contributed by atoms with Gasteiger partial charge in [-0.05, 0) is 23.8 Å². The van der Waals surface area contributed by atoms with Gasteiger partial charge in [0.2, 0.25) is 0 Å². The molecule has 0 bridgehead atoms. The number of nitrogens with two attached hydrogens (primary N) is 1. The van der Waals surface area contributed by atoms with Crippen LogP contribution in [0.25, 0.3) is 6.08 Å². The summed E-state index contributed by atoms with van der Waals surface area (Å²) in [5, 5.41) is 1.02. The average Bonchev–Trinajstić information content (AvgIpc) is 2.53. The van der Waals surface area contributed by atoms with Gasteiger partial charge in [-0.15, -0.1) is 0 Å². The van der Waals surface area contributed by atoms with Crippen molar-refractivity contribution in [1.82, 2.24) is 9.99 Å². The number of benzene rings is 1. The molecule has 2 aromatic rings. The number of amides is 1. The van der Waals surface area contributed by atoms with Crippen LogP contribution in [-0.4, -0.2) is 15.9 Å². The summed E-state index contributed by atoms with van der Waals surface area (Å²) in [5.74, 6) is 5.45. The molecule has 0 saturated heterocycles. The summed E-state index contributed by atoms with van der Waals surface area (Å²) in [6.07, 6.45) is 6.64. The van der Waals surface area contributed by atoms with E-state index >= 15 is 0 Å². The van der Waals surface area contributed by atoms with E-state index in [0.29, 0.717) is 11.3 Å². The van der Waals surface area contributed by atoms with E-state index in [1.54, 1.807) is 30.6 Å². The minimum Gasteiger partial charge on any atom is -0.267 e. The van der Waals surface area contributed by atoms with Gasteiger partial charge in [0, 0.05) is 18.0 Å². The molecule has 0 saturated carbocycles. The third-order valence-electron chi connectivity index (χ3n) is 2.72. The number of aromatic nitrogens is 1. The van der Waals surface area contributed by atoms with Crippen LogP contribution in [0.4, 0.5) is 0 Å². The number of hydrazine groups is 1. The van der Waals surface area contributed by atoms with E-state index in [2.05, 4.69) is 11.6 Å². The highest BCUT2D eigenvalue weighted by atomic mass is 16.2. The van der Waals surface area contributed by atoms with E-state index in [9.17, 15) is 4.79 Å². The monoisotopic (exact) mass is 265 g/mol. The SMILES string of the molecule is C=C(C=Cc1ccccc1)N(N)C(=O)c1ccncc1. The summed E-state index contributed by atoms with van der Waals surface area (Å²) in [6, 6.07) is 12.9. The third kappa shape index (κ3) is 3.40. The van der Waals surface area contributed by atoms with Gasteiger partial charge in [0.15, 0.2) is 0 Å². The van der Waals surface area contributed by atoms with Crippen molar-refractivity contribution >= 4 is 12.0 Å². The van der Waals surface area contributed by atoms with Crippen molar-refractivity contribution in [1.29, 1.82) is 0 Å². The standard InChI is InChI=1S/C16H15N3O/c1-13(7-8-14-5-3-2-4-6-14)19(17)16(20)15-9-11-18-12-10-15/h2-12H,1,17H2. The number of allylic oxidation sites excluding steroid dienone is 1. The number of hydrogen-bond acceptors (Lipinski definition) is 3. The molecule has 100 valence electrons. The highest BCUT2D eigenvalue weighted by Crippen LogP contribution is 2.09. The van der Waals surface area contributed by atoms with Crippen molar-refractivity contribution in [3.8, 4) is 0 Å². The Bertz CT molecular complexity index is 621. The molecule has 0 atom stereocenters. The molecule has 0 fully saturated rings. The van der Waals surface area contributed by atoms with Gasteiger partial charge in [0.05, 0.1) is 5.70 Å². The van der Waals surface area contributed by atoms with Gasteiger partial charge in [-0.25, -0.2) is 10.9 Å². The Hall–Kier alpha value is -2.72. The van der Waals surface area contributed by atoms with Crippen LogP contribution in [0.5, 0.6) is 0 Å². The fraction of sp³-hybridized carbons (Fsp3) is 0. The van der Waals surface area contributed by atoms with E-state index in [1.807, 2.05) is 36.4 Å². The molecule has 2 rings (SSSR count). The molecule has 0 unspecified atom stereocenters. The molecule has 1 aromatic carbocycles. The molecule has 0 spiro atoms. The van der Waals surface area contributed by atoms with E-state index < -0.39 is 0 Å². The third-order valence-corrected chi connectivity index (χ3v) is 2.72. The predicted octanol–water partition coefficient (Wildman–Crippen LogP) is 2.62. The predicted molar refractivity (Wildman–Crippen MR) is 79.2 cm³/mol. The van der Waals surface area contributed by atoms with Gasteiger partial charge < -0.3 is 0 Å². The van der Waals surface area contributed by atoms with Crippen molar-refractivity contribution < 1.29 is 4.79 Å². The maximum Gasteiger partial charge on any atom is 0.272 e. The summed E-state index contributed by atoms with van der Waals surface area (Å²) in [7, 11) is 0. The Balaban J connectivity index is 2.06. The second kappa shape index (κ2) is 6.45. The summed E-state index contributed by atoms with van der Waals surface area (Å²) < 4.78 is 0. The Morgan fingerprint density at radius 2 is 1.80 bits per heavy atom. The lowest BCUT2D eigenvalue weighted by Gasteiger charge is -2.16. The van der Waals surface area contributed by atoms with Crippen LogP contribution in [0.3, 0.4) is 0 Å². The van der Waals surface area contributed by atoms with E-state index in [4.69, 9.17) is 5.84 Å². The quantitative estimate of drug-likeness (QED) is 0.400. The van der Waals surface area contributed by atoms with Gasteiger partial charge >= 0.3 is 0 Å².